The van der Waals surface area contributed by atoms with Gasteiger partial charge in [0.15, 0.2) is 5.96 Å². The number of guanidine groups is 1. The van der Waals surface area contributed by atoms with Gasteiger partial charge in [-0.3, -0.25) is 4.99 Å². The average Bonchev–Trinajstić information content (AvgIpc) is 2.67. The standard InChI is InChI=1S/C9H17N3S/c1-13-8-3-6-12(7-8)9-10-4-2-5-11-9/h8H,2-7H2,1H3,(H,10,11). The Labute approximate surface area is 84.0 Å². The zero-order chi connectivity index (χ0) is 9.10. The van der Waals surface area contributed by atoms with Gasteiger partial charge < -0.3 is 10.2 Å². The van der Waals surface area contributed by atoms with Crippen molar-refractivity contribution in [3.05, 3.63) is 0 Å². The van der Waals surface area contributed by atoms with Crippen LogP contribution in [0.25, 0.3) is 0 Å². The van der Waals surface area contributed by atoms with Crippen LogP contribution in [0.1, 0.15) is 12.8 Å². The van der Waals surface area contributed by atoms with Gasteiger partial charge in [-0.1, -0.05) is 0 Å². The van der Waals surface area contributed by atoms with Gasteiger partial charge in [-0.05, 0) is 19.1 Å². The highest BCUT2D eigenvalue weighted by molar-refractivity contribution is 7.99. The molecule has 1 saturated heterocycles. The van der Waals surface area contributed by atoms with Crippen LogP contribution in [0, 0.1) is 0 Å². The number of rotatable bonds is 1. The molecule has 13 heavy (non-hydrogen) atoms. The van der Waals surface area contributed by atoms with Crippen molar-refractivity contribution < 1.29 is 0 Å². The van der Waals surface area contributed by atoms with E-state index in [1.54, 1.807) is 0 Å². The van der Waals surface area contributed by atoms with E-state index in [0.29, 0.717) is 0 Å². The van der Waals surface area contributed by atoms with Gasteiger partial charge in [0.2, 0.25) is 0 Å². The maximum atomic E-state index is 4.50. The van der Waals surface area contributed by atoms with E-state index in [1.165, 1.54) is 25.9 Å². The minimum atomic E-state index is 0.812. The Morgan fingerprint density at radius 1 is 1.62 bits per heavy atom. The largest absolute Gasteiger partial charge is 0.356 e. The quantitative estimate of drug-likeness (QED) is 0.676. The third kappa shape index (κ3) is 2.10. The summed E-state index contributed by atoms with van der Waals surface area (Å²) in [6, 6.07) is 0. The van der Waals surface area contributed by atoms with Gasteiger partial charge in [0.25, 0.3) is 0 Å². The Bertz CT molecular complexity index is 205. The molecule has 1 N–H and O–H groups in total. The summed E-state index contributed by atoms with van der Waals surface area (Å²) in [5.74, 6) is 1.14. The highest BCUT2D eigenvalue weighted by atomic mass is 32.2. The number of likely N-dealkylation sites (tertiary alicyclic amines) is 1. The Morgan fingerprint density at radius 3 is 3.15 bits per heavy atom. The van der Waals surface area contributed by atoms with E-state index >= 15 is 0 Å². The fraction of sp³-hybridized carbons (Fsp3) is 0.889. The number of thioether (sulfide) groups is 1. The second-order valence-electron chi connectivity index (χ2n) is 3.58. The Balaban J connectivity index is 1.91. The molecule has 2 aliphatic heterocycles. The molecule has 2 rings (SSSR count). The topological polar surface area (TPSA) is 27.6 Å². The lowest BCUT2D eigenvalue weighted by Gasteiger charge is -2.24. The Kier molecular flexibility index (Phi) is 2.98. The molecule has 1 fully saturated rings. The zero-order valence-electron chi connectivity index (χ0n) is 8.12. The number of hydrogen-bond acceptors (Lipinski definition) is 4. The van der Waals surface area contributed by atoms with E-state index in [-0.39, 0.29) is 0 Å². The molecule has 0 aliphatic carbocycles. The normalized spacial score (nSPS) is 28.5. The van der Waals surface area contributed by atoms with Crippen LogP contribution in [-0.2, 0) is 0 Å². The van der Waals surface area contributed by atoms with E-state index in [0.717, 1.165) is 24.3 Å². The summed E-state index contributed by atoms with van der Waals surface area (Å²) in [6.07, 6.45) is 4.69. The average molecular weight is 199 g/mol. The molecule has 0 saturated carbocycles. The van der Waals surface area contributed by atoms with Crippen molar-refractivity contribution in [3.63, 3.8) is 0 Å². The van der Waals surface area contributed by atoms with Crippen LogP contribution in [-0.4, -0.2) is 48.5 Å². The van der Waals surface area contributed by atoms with Crippen LogP contribution in [0.3, 0.4) is 0 Å². The first-order chi connectivity index (χ1) is 6.40. The van der Waals surface area contributed by atoms with Gasteiger partial charge in [-0.25, -0.2) is 0 Å². The molecule has 0 spiro atoms. The molecule has 0 radical (unpaired) electrons. The molecule has 2 heterocycles. The van der Waals surface area contributed by atoms with Crippen molar-refractivity contribution in [1.29, 1.82) is 0 Å². The van der Waals surface area contributed by atoms with Crippen LogP contribution in [0.5, 0.6) is 0 Å². The summed E-state index contributed by atoms with van der Waals surface area (Å²) in [6.45, 7) is 4.45. The number of hydrogen-bond donors (Lipinski definition) is 1. The van der Waals surface area contributed by atoms with E-state index in [9.17, 15) is 0 Å². The van der Waals surface area contributed by atoms with Crippen molar-refractivity contribution in [2.75, 3.05) is 32.4 Å². The van der Waals surface area contributed by atoms with Crippen molar-refractivity contribution in [2.45, 2.75) is 18.1 Å². The third-order valence-electron chi connectivity index (χ3n) is 2.66. The van der Waals surface area contributed by atoms with Crippen LogP contribution < -0.4 is 5.32 Å². The zero-order valence-corrected chi connectivity index (χ0v) is 8.94. The molecular formula is C9H17N3S. The summed E-state index contributed by atoms with van der Waals surface area (Å²) in [5, 5.41) is 4.18. The molecule has 3 nitrogen and oxygen atoms in total. The van der Waals surface area contributed by atoms with Crippen molar-refractivity contribution >= 4 is 17.7 Å². The lowest BCUT2D eigenvalue weighted by Crippen LogP contribution is -2.43. The molecule has 1 atom stereocenters. The van der Waals surface area contributed by atoms with Gasteiger partial charge in [-0.15, -0.1) is 0 Å². The Morgan fingerprint density at radius 2 is 2.54 bits per heavy atom. The molecule has 0 aromatic rings. The highest BCUT2D eigenvalue weighted by Gasteiger charge is 2.24. The highest BCUT2D eigenvalue weighted by Crippen LogP contribution is 2.20. The lowest BCUT2D eigenvalue weighted by molar-refractivity contribution is 0.482. The first-order valence-electron chi connectivity index (χ1n) is 4.96. The summed E-state index contributed by atoms with van der Waals surface area (Å²) < 4.78 is 0. The lowest BCUT2D eigenvalue weighted by atomic mass is 10.4. The van der Waals surface area contributed by atoms with Gasteiger partial charge in [-0.2, -0.15) is 11.8 Å². The molecule has 1 unspecified atom stereocenters. The minimum Gasteiger partial charge on any atom is -0.356 e. The number of nitrogens with one attached hydrogen (secondary N) is 1. The predicted molar refractivity (Wildman–Crippen MR) is 58.4 cm³/mol. The summed E-state index contributed by atoms with van der Waals surface area (Å²) in [4.78, 5) is 6.89. The van der Waals surface area contributed by atoms with E-state index in [1.807, 2.05) is 11.8 Å². The van der Waals surface area contributed by atoms with Gasteiger partial charge >= 0.3 is 0 Å². The van der Waals surface area contributed by atoms with Crippen LogP contribution in [0.4, 0.5) is 0 Å². The van der Waals surface area contributed by atoms with Gasteiger partial charge in [0.05, 0.1) is 0 Å². The number of aliphatic imine (C=N–C) groups is 1. The SMILES string of the molecule is CSC1CCN(C2=NCCCN2)C1. The molecule has 4 heteroatoms. The minimum absolute atomic E-state index is 0.812. The fourth-order valence-electron chi connectivity index (χ4n) is 1.84. The van der Waals surface area contributed by atoms with E-state index in [2.05, 4.69) is 21.5 Å². The van der Waals surface area contributed by atoms with Crippen molar-refractivity contribution in [3.8, 4) is 0 Å². The molecule has 0 bridgehead atoms. The molecule has 2 aliphatic rings. The molecule has 0 aromatic carbocycles. The fourth-order valence-corrected chi connectivity index (χ4v) is 2.52. The van der Waals surface area contributed by atoms with Crippen molar-refractivity contribution in [1.82, 2.24) is 10.2 Å². The van der Waals surface area contributed by atoms with E-state index in [4.69, 9.17) is 0 Å². The Hall–Kier alpha value is -0.380. The van der Waals surface area contributed by atoms with E-state index < -0.39 is 0 Å². The molecule has 74 valence electrons. The summed E-state index contributed by atoms with van der Waals surface area (Å²) in [5.41, 5.74) is 0. The molecule has 0 aromatic heterocycles. The summed E-state index contributed by atoms with van der Waals surface area (Å²) >= 11 is 1.98. The molecule has 0 amide bonds. The van der Waals surface area contributed by atoms with Crippen molar-refractivity contribution in [2.24, 2.45) is 4.99 Å². The maximum absolute atomic E-state index is 4.50. The van der Waals surface area contributed by atoms with Crippen LogP contribution in [0.2, 0.25) is 0 Å². The summed E-state index contributed by atoms with van der Waals surface area (Å²) in [7, 11) is 0. The molecular weight excluding hydrogens is 182 g/mol. The smallest absolute Gasteiger partial charge is 0.193 e. The first-order valence-corrected chi connectivity index (χ1v) is 6.25. The van der Waals surface area contributed by atoms with Crippen LogP contribution >= 0.6 is 11.8 Å². The number of nitrogens with zero attached hydrogens (tertiary/aromatic N) is 2. The third-order valence-corrected chi connectivity index (χ3v) is 3.71. The second kappa shape index (κ2) is 4.22. The van der Waals surface area contributed by atoms with Gasteiger partial charge in [0.1, 0.15) is 0 Å². The van der Waals surface area contributed by atoms with Crippen LogP contribution in [0.15, 0.2) is 4.99 Å². The van der Waals surface area contributed by atoms with Gasteiger partial charge in [0, 0.05) is 31.4 Å². The first kappa shape index (κ1) is 9.19. The maximum Gasteiger partial charge on any atom is 0.193 e. The predicted octanol–water partition coefficient (Wildman–Crippen LogP) is 0.773. The monoisotopic (exact) mass is 199 g/mol. The second-order valence-corrected chi connectivity index (χ2v) is 4.72.